The highest BCUT2D eigenvalue weighted by molar-refractivity contribution is 6.92. The lowest BCUT2D eigenvalue weighted by atomic mass is 10.3. The molecule has 102 valence electrons. The first-order valence-corrected chi connectivity index (χ1v) is 6.23. The first-order valence-electron chi connectivity index (χ1n) is 6.23. The maximum atomic E-state index is 5.58. The van der Waals surface area contributed by atoms with Crippen LogP contribution in [-0.2, 0) is 0 Å². The number of rotatable bonds is 2. The summed E-state index contributed by atoms with van der Waals surface area (Å²) in [6.45, 7) is 0. The third-order valence-electron chi connectivity index (χ3n) is 2.39. The van der Waals surface area contributed by atoms with E-state index in [0.717, 1.165) is 11.5 Å². The van der Waals surface area contributed by atoms with Gasteiger partial charge >= 0.3 is 0 Å². The van der Waals surface area contributed by atoms with Gasteiger partial charge in [0.05, 0.1) is 0 Å². The van der Waals surface area contributed by atoms with Crippen LogP contribution < -0.4 is 4.74 Å². The van der Waals surface area contributed by atoms with Crippen molar-refractivity contribution in [2.45, 2.75) is 0 Å². The van der Waals surface area contributed by atoms with Crippen LogP contribution in [0.4, 0.5) is 0 Å². The third kappa shape index (κ3) is 6.17. The monoisotopic (exact) mass is 282 g/mol. The zero-order chi connectivity index (χ0) is 13.2. The van der Waals surface area contributed by atoms with E-state index in [1.54, 1.807) is 0 Å². The molecule has 0 aromatic heterocycles. The van der Waals surface area contributed by atoms with Crippen LogP contribution in [0.3, 0.4) is 0 Å². The molecule has 0 aliphatic carbocycles. The van der Waals surface area contributed by atoms with Crippen molar-refractivity contribution < 1.29 is 4.74 Å². The van der Waals surface area contributed by atoms with Crippen molar-refractivity contribution in [1.82, 2.24) is 0 Å². The average molecular weight is 282 g/mol. The van der Waals surface area contributed by atoms with Gasteiger partial charge in [-0.2, -0.15) is 9.90 Å². The molecule has 20 heavy (non-hydrogen) atoms. The maximum Gasteiger partial charge on any atom is 0.127 e. The van der Waals surface area contributed by atoms with E-state index in [9.17, 15) is 0 Å². The molecule has 2 heteroatoms. The fraction of sp³-hybridized carbons (Fsp3) is 0. The second-order valence-electron chi connectivity index (χ2n) is 3.88. The van der Waals surface area contributed by atoms with E-state index in [-0.39, 0.29) is 9.90 Å². The molecule has 1 atom stereocenters. The number of ether oxygens (including phenoxy) is 1. The lowest BCUT2D eigenvalue weighted by molar-refractivity contribution is 0.482. The van der Waals surface area contributed by atoms with Crippen molar-refractivity contribution in [2.75, 3.05) is 0 Å². The average Bonchev–Trinajstić information content (AvgIpc) is 2.52. The maximum absolute atomic E-state index is 5.58. The predicted molar refractivity (Wildman–Crippen MR) is 90.5 cm³/mol. The molecule has 0 heterocycles. The van der Waals surface area contributed by atoms with Gasteiger partial charge in [0.25, 0.3) is 0 Å². The summed E-state index contributed by atoms with van der Waals surface area (Å²) >= 11 is 0. The normalized spacial score (nSPS) is 8.60. The molecule has 0 fully saturated rings. The molecule has 0 amide bonds. The van der Waals surface area contributed by atoms with Gasteiger partial charge in [0.15, 0.2) is 0 Å². The van der Waals surface area contributed by atoms with Gasteiger partial charge in [-0.15, -0.1) is 0 Å². The molecule has 0 radical (unpaired) electrons. The van der Waals surface area contributed by atoms with Crippen LogP contribution in [0.2, 0.25) is 0 Å². The lowest BCUT2D eigenvalue weighted by Crippen LogP contribution is -1.81. The van der Waals surface area contributed by atoms with Crippen molar-refractivity contribution in [1.29, 1.82) is 0 Å². The van der Waals surface area contributed by atoms with E-state index in [4.69, 9.17) is 4.74 Å². The number of benzene rings is 3. The summed E-state index contributed by atoms with van der Waals surface area (Å²) in [4.78, 5) is 0. The molecular weight excluding hydrogens is 263 g/mol. The van der Waals surface area contributed by atoms with Crippen molar-refractivity contribution in [3.8, 4) is 11.5 Å². The predicted octanol–water partition coefficient (Wildman–Crippen LogP) is 5.22. The van der Waals surface area contributed by atoms with Crippen LogP contribution in [0.1, 0.15) is 0 Å². The molecule has 0 spiro atoms. The second kappa shape index (κ2) is 9.77. The van der Waals surface area contributed by atoms with Crippen LogP contribution in [0, 0.1) is 0 Å². The SMILES string of the molecule is P.c1ccc(Oc2ccccc2)cc1.c1ccccc1. The highest BCUT2D eigenvalue weighted by atomic mass is 31.0. The standard InChI is InChI=1S/C12H10O.C6H6.H3P/c1-3-7-11(8-4-1)13-12-9-5-2-6-10-12;1-2-4-6-5-3-1;/h1-10H;1-6H;1H3. The third-order valence-corrected chi connectivity index (χ3v) is 2.39. The van der Waals surface area contributed by atoms with E-state index in [1.165, 1.54) is 0 Å². The van der Waals surface area contributed by atoms with E-state index >= 15 is 0 Å². The highest BCUT2D eigenvalue weighted by Gasteiger charge is 1.92. The van der Waals surface area contributed by atoms with Gasteiger partial charge in [-0.1, -0.05) is 72.8 Å². The largest absolute Gasteiger partial charge is 0.457 e. The van der Waals surface area contributed by atoms with Crippen LogP contribution in [0.25, 0.3) is 0 Å². The fourth-order valence-corrected chi connectivity index (χ4v) is 1.50. The highest BCUT2D eigenvalue weighted by Crippen LogP contribution is 2.19. The second-order valence-corrected chi connectivity index (χ2v) is 3.88. The molecule has 0 saturated heterocycles. The Morgan fingerprint density at radius 2 is 0.650 bits per heavy atom. The molecule has 0 bridgehead atoms. The van der Waals surface area contributed by atoms with Crippen LogP contribution in [0.15, 0.2) is 97.1 Å². The molecular formula is C18H19OP. The van der Waals surface area contributed by atoms with E-state index in [1.807, 2.05) is 97.1 Å². The molecule has 0 N–H and O–H groups in total. The molecule has 1 nitrogen and oxygen atoms in total. The van der Waals surface area contributed by atoms with Crippen LogP contribution >= 0.6 is 9.90 Å². The van der Waals surface area contributed by atoms with Gasteiger partial charge < -0.3 is 4.74 Å². The van der Waals surface area contributed by atoms with Gasteiger partial charge in [-0.25, -0.2) is 0 Å². The summed E-state index contributed by atoms with van der Waals surface area (Å²) in [7, 11) is 0. The Labute approximate surface area is 123 Å². The van der Waals surface area contributed by atoms with Gasteiger partial charge in [0, 0.05) is 0 Å². The number of hydrogen-bond donors (Lipinski definition) is 0. The number of para-hydroxylation sites is 2. The van der Waals surface area contributed by atoms with E-state index in [0.29, 0.717) is 0 Å². The zero-order valence-corrected chi connectivity index (χ0v) is 12.8. The smallest absolute Gasteiger partial charge is 0.127 e. The summed E-state index contributed by atoms with van der Waals surface area (Å²) in [5.74, 6) is 1.74. The van der Waals surface area contributed by atoms with Crippen LogP contribution in [-0.4, -0.2) is 0 Å². The summed E-state index contributed by atoms with van der Waals surface area (Å²) < 4.78 is 5.58. The molecule has 3 aromatic carbocycles. The van der Waals surface area contributed by atoms with E-state index in [2.05, 4.69) is 0 Å². The minimum atomic E-state index is 0. The zero-order valence-electron chi connectivity index (χ0n) is 11.4. The Balaban J connectivity index is 0.000000243. The van der Waals surface area contributed by atoms with Crippen molar-refractivity contribution in [2.24, 2.45) is 0 Å². The van der Waals surface area contributed by atoms with Crippen molar-refractivity contribution >= 4 is 9.90 Å². The first-order chi connectivity index (χ1) is 9.45. The minimum Gasteiger partial charge on any atom is -0.457 e. The van der Waals surface area contributed by atoms with Gasteiger partial charge in [0.1, 0.15) is 11.5 Å². The molecule has 0 aliphatic heterocycles. The molecule has 0 saturated carbocycles. The molecule has 0 aliphatic rings. The Morgan fingerprint density at radius 3 is 0.950 bits per heavy atom. The first kappa shape index (κ1) is 15.9. The molecule has 1 unspecified atom stereocenters. The van der Waals surface area contributed by atoms with Crippen molar-refractivity contribution in [3.63, 3.8) is 0 Å². The lowest BCUT2D eigenvalue weighted by Gasteiger charge is -2.03. The minimum absolute atomic E-state index is 0. The van der Waals surface area contributed by atoms with Gasteiger partial charge in [-0.05, 0) is 24.3 Å². The molecule has 3 aromatic rings. The Bertz CT molecular complexity index is 488. The number of hydrogen-bond acceptors (Lipinski definition) is 1. The fourth-order valence-electron chi connectivity index (χ4n) is 1.50. The summed E-state index contributed by atoms with van der Waals surface area (Å²) in [5.41, 5.74) is 0. The summed E-state index contributed by atoms with van der Waals surface area (Å²) in [6, 6.07) is 31.5. The molecule has 3 rings (SSSR count). The topological polar surface area (TPSA) is 9.23 Å². The Kier molecular flexibility index (Phi) is 7.79. The van der Waals surface area contributed by atoms with Gasteiger partial charge in [-0.3, -0.25) is 0 Å². The van der Waals surface area contributed by atoms with Crippen molar-refractivity contribution in [3.05, 3.63) is 97.1 Å². The van der Waals surface area contributed by atoms with Gasteiger partial charge in [0.2, 0.25) is 0 Å². The Morgan fingerprint density at radius 1 is 0.400 bits per heavy atom. The van der Waals surface area contributed by atoms with Crippen LogP contribution in [0.5, 0.6) is 11.5 Å². The summed E-state index contributed by atoms with van der Waals surface area (Å²) in [5, 5.41) is 0. The van der Waals surface area contributed by atoms with E-state index < -0.39 is 0 Å². The quantitative estimate of drug-likeness (QED) is 0.585. The Hall–Kier alpha value is -2.11. The summed E-state index contributed by atoms with van der Waals surface area (Å²) in [6.07, 6.45) is 0.